The van der Waals surface area contributed by atoms with Crippen molar-refractivity contribution in [1.82, 2.24) is 0 Å². The van der Waals surface area contributed by atoms with E-state index in [2.05, 4.69) is 18.7 Å². The number of hydrogen-bond donors (Lipinski definition) is 1. The van der Waals surface area contributed by atoms with Crippen molar-refractivity contribution in [3.8, 4) is 0 Å². The average molecular weight is 222 g/mol. The Labute approximate surface area is 100 Å². The lowest BCUT2D eigenvalue weighted by Gasteiger charge is -2.28. The van der Waals surface area contributed by atoms with Crippen molar-refractivity contribution < 1.29 is 5.11 Å². The molecule has 0 fully saturated rings. The van der Waals surface area contributed by atoms with Gasteiger partial charge in [0.25, 0.3) is 0 Å². The maximum absolute atomic E-state index is 10.5. The van der Waals surface area contributed by atoms with Gasteiger partial charge < -0.3 is 5.11 Å². The van der Waals surface area contributed by atoms with Crippen LogP contribution in [0.5, 0.6) is 0 Å². The van der Waals surface area contributed by atoms with Crippen molar-refractivity contribution in [2.24, 2.45) is 0 Å². The van der Waals surface area contributed by atoms with Crippen LogP contribution < -0.4 is 0 Å². The number of aliphatic hydroxyl groups is 1. The van der Waals surface area contributed by atoms with Gasteiger partial charge in [0.15, 0.2) is 0 Å². The molecular weight excluding hydrogens is 196 g/mol. The van der Waals surface area contributed by atoms with Crippen molar-refractivity contribution in [2.45, 2.75) is 70.3 Å². The van der Waals surface area contributed by atoms with E-state index in [-0.39, 0.29) is 0 Å². The molecule has 1 aliphatic rings. The van der Waals surface area contributed by atoms with Gasteiger partial charge >= 0.3 is 0 Å². The molecule has 1 unspecified atom stereocenters. The lowest BCUT2D eigenvalue weighted by molar-refractivity contribution is 0.0693. The van der Waals surface area contributed by atoms with Crippen molar-refractivity contribution in [1.29, 1.82) is 0 Å². The van der Waals surface area contributed by atoms with E-state index in [1.54, 1.807) is 0 Å². The highest BCUT2D eigenvalue weighted by Crippen LogP contribution is 2.27. The molecule has 0 bridgehead atoms. The van der Waals surface area contributed by atoms with Gasteiger partial charge in [0.1, 0.15) is 0 Å². The summed E-state index contributed by atoms with van der Waals surface area (Å²) in [5, 5.41) is 10.5. The Kier molecular flexibility index (Phi) is 5.83. The van der Waals surface area contributed by atoms with Crippen molar-refractivity contribution in [3.05, 3.63) is 24.3 Å². The molecule has 0 aromatic rings. The third-order valence-corrected chi connectivity index (χ3v) is 3.63. The van der Waals surface area contributed by atoms with Crippen LogP contribution in [0, 0.1) is 0 Å². The third kappa shape index (κ3) is 4.52. The minimum atomic E-state index is -0.657. The minimum absolute atomic E-state index is 0.657. The van der Waals surface area contributed by atoms with Crippen molar-refractivity contribution in [2.75, 3.05) is 0 Å². The van der Waals surface area contributed by atoms with E-state index in [9.17, 15) is 5.11 Å². The quantitative estimate of drug-likeness (QED) is 0.653. The highest BCUT2D eigenvalue weighted by molar-refractivity contribution is 5.12. The molecule has 0 amide bonds. The molecule has 1 aliphatic carbocycles. The largest absolute Gasteiger partial charge is 0.385 e. The van der Waals surface area contributed by atoms with Crippen LogP contribution in [0.1, 0.15) is 64.7 Å². The van der Waals surface area contributed by atoms with E-state index < -0.39 is 5.60 Å². The Morgan fingerprint density at radius 2 is 1.69 bits per heavy atom. The zero-order valence-electron chi connectivity index (χ0n) is 10.7. The molecule has 0 aromatic carbocycles. The molecule has 0 spiro atoms. The third-order valence-electron chi connectivity index (χ3n) is 3.63. The van der Waals surface area contributed by atoms with Crippen molar-refractivity contribution >= 4 is 0 Å². The number of hydrogen-bond acceptors (Lipinski definition) is 1. The normalized spacial score (nSPS) is 31.1. The monoisotopic (exact) mass is 222 g/mol. The van der Waals surface area contributed by atoms with E-state index in [1.165, 1.54) is 32.1 Å². The van der Waals surface area contributed by atoms with Crippen LogP contribution in [0.3, 0.4) is 0 Å². The molecule has 1 N–H and O–H groups in total. The fraction of sp³-hybridized carbons (Fsp3) is 0.733. The molecular formula is C15H26O. The van der Waals surface area contributed by atoms with E-state index in [1.807, 2.05) is 6.92 Å². The first-order chi connectivity index (χ1) is 7.65. The van der Waals surface area contributed by atoms with Crippen LogP contribution in [-0.4, -0.2) is 10.7 Å². The Balaban J connectivity index is 2.56. The Hall–Kier alpha value is -0.560. The second-order valence-corrected chi connectivity index (χ2v) is 5.15. The minimum Gasteiger partial charge on any atom is -0.385 e. The average Bonchev–Trinajstić information content (AvgIpc) is 2.23. The Morgan fingerprint density at radius 3 is 2.38 bits per heavy atom. The molecule has 1 atom stereocenters. The molecule has 92 valence electrons. The molecule has 1 heteroatoms. The van der Waals surface area contributed by atoms with Crippen LogP contribution in [0.15, 0.2) is 24.3 Å². The molecule has 0 saturated heterocycles. The molecule has 0 saturated carbocycles. The van der Waals surface area contributed by atoms with Crippen LogP contribution >= 0.6 is 0 Å². The van der Waals surface area contributed by atoms with E-state index in [4.69, 9.17) is 0 Å². The summed E-state index contributed by atoms with van der Waals surface area (Å²) in [5.41, 5.74) is 0.254. The summed E-state index contributed by atoms with van der Waals surface area (Å²) in [6.07, 6.45) is 14.8. The lowest BCUT2D eigenvalue weighted by Crippen LogP contribution is -2.29. The van der Waals surface area contributed by atoms with Gasteiger partial charge in [-0.1, -0.05) is 50.8 Å². The van der Waals surface area contributed by atoms with Gasteiger partial charge in [0.2, 0.25) is 0 Å². The maximum atomic E-state index is 10.5. The van der Waals surface area contributed by atoms with Crippen LogP contribution in [0.2, 0.25) is 0 Å². The molecule has 0 heterocycles. The second kappa shape index (κ2) is 6.90. The molecule has 1 rings (SSSR count). The van der Waals surface area contributed by atoms with E-state index in [0.717, 1.165) is 31.3 Å². The summed E-state index contributed by atoms with van der Waals surface area (Å²) in [5.74, 6) is 0. The van der Waals surface area contributed by atoms with Gasteiger partial charge in [0, 0.05) is 0 Å². The van der Waals surface area contributed by atoms with Crippen molar-refractivity contribution in [3.63, 3.8) is 0 Å². The molecule has 0 aromatic heterocycles. The smallest absolute Gasteiger partial charge is 0.0885 e. The maximum Gasteiger partial charge on any atom is 0.0885 e. The molecule has 0 radical (unpaired) electrons. The summed E-state index contributed by atoms with van der Waals surface area (Å²) in [6, 6.07) is 0. The predicted octanol–water partition coefficient (Wildman–Crippen LogP) is 4.37. The zero-order chi connectivity index (χ0) is 11.9. The van der Waals surface area contributed by atoms with Gasteiger partial charge in [-0.15, -0.1) is 0 Å². The standard InChI is InChI=1S/C15H26O/c1-14(2)15(16)12-10-8-6-4-3-5-7-9-11-13-15/h8,10,16H,1,3-7,9,11-13H2,2H3/b10-8-. The highest BCUT2D eigenvalue weighted by Gasteiger charge is 2.25. The Morgan fingerprint density at radius 1 is 1.06 bits per heavy atom. The SMILES string of the molecule is C=C(C)C1(O)C/C=C\CCCCCCCC1. The predicted molar refractivity (Wildman–Crippen MR) is 70.5 cm³/mol. The molecule has 0 aliphatic heterocycles. The van der Waals surface area contributed by atoms with E-state index >= 15 is 0 Å². The summed E-state index contributed by atoms with van der Waals surface area (Å²) in [4.78, 5) is 0. The van der Waals surface area contributed by atoms with Gasteiger partial charge in [-0.05, 0) is 38.2 Å². The van der Waals surface area contributed by atoms with Gasteiger partial charge in [-0.2, -0.15) is 0 Å². The topological polar surface area (TPSA) is 20.2 Å². The van der Waals surface area contributed by atoms with Gasteiger partial charge in [-0.25, -0.2) is 0 Å². The first kappa shape index (κ1) is 13.5. The van der Waals surface area contributed by atoms with E-state index in [0.29, 0.717) is 0 Å². The first-order valence-corrected chi connectivity index (χ1v) is 6.68. The van der Waals surface area contributed by atoms with Crippen LogP contribution in [-0.2, 0) is 0 Å². The second-order valence-electron chi connectivity index (χ2n) is 5.15. The van der Waals surface area contributed by atoms with Gasteiger partial charge in [-0.3, -0.25) is 0 Å². The summed E-state index contributed by atoms with van der Waals surface area (Å²) in [7, 11) is 0. The molecule has 16 heavy (non-hydrogen) atoms. The summed E-state index contributed by atoms with van der Waals surface area (Å²) >= 11 is 0. The number of allylic oxidation sites excluding steroid dienone is 1. The summed E-state index contributed by atoms with van der Waals surface area (Å²) in [6.45, 7) is 5.88. The lowest BCUT2D eigenvalue weighted by atomic mass is 9.86. The Bertz CT molecular complexity index is 242. The fourth-order valence-electron chi connectivity index (χ4n) is 2.27. The highest BCUT2D eigenvalue weighted by atomic mass is 16.3. The molecule has 1 nitrogen and oxygen atoms in total. The van der Waals surface area contributed by atoms with Crippen LogP contribution in [0.4, 0.5) is 0 Å². The first-order valence-electron chi connectivity index (χ1n) is 6.68. The fourth-order valence-corrected chi connectivity index (χ4v) is 2.27. The number of rotatable bonds is 1. The van der Waals surface area contributed by atoms with Gasteiger partial charge in [0.05, 0.1) is 5.60 Å². The summed E-state index contributed by atoms with van der Waals surface area (Å²) < 4.78 is 0. The van der Waals surface area contributed by atoms with Crippen LogP contribution in [0.25, 0.3) is 0 Å². The zero-order valence-corrected chi connectivity index (χ0v) is 10.7.